The standard InChI is InChI=1S/C13H21ClN4O/c1-9(2)18(4)7-5-6-15-13-11(8-19)12(14)16-10(3)17-13/h8-9H,5-7H2,1-4H3,(H,15,16,17). The van der Waals surface area contributed by atoms with E-state index in [1.54, 1.807) is 6.92 Å². The molecule has 0 aromatic carbocycles. The zero-order valence-electron chi connectivity index (χ0n) is 11.9. The number of carbonyl (C=O) groups is 1. The van der Waals surface area contributed by atoms with Gasteiger partial charge in [-0.05, 0) is 40.8 Å². The number of aldehydes is 1. The maximum Gasteiger partial charge on any atom is 0.156 e. The monoisotopic (exact) mass is 284 g/mol. The minimum absolute atomic E-state index is 0.198. The molecule has 0 amide bonds. The number of halogens is 1. The SMILES string of the molecule is Cc1nc(Cl)c(C=O)c(NCCCN(C)C(C)C)n1. The van der Waals surface area contributed by atoms with Crippen LogP contribution in [0, 0.1) is 6.92 Å². The average Bonchev–Trinajstić information content (AvgIpc) is 2.33. The van der Waals surface area contributed by atoms with E-state index in [0.29, 0.717) is 29.5 Å². The second-order valence-electron chi connectivity index (χ2n) is 4.80. The van der Waals surface area contributed by atoms with Gasteiger partial charge in [0.1, 0.15) is 16.8 Å². The first-order valence-corrected chi connectivity index (χ1v) is 6.77. The molecule has 0 unspecified atom stereocenters. The van der Waals surface area contributed by atoms with E-state index in [2.05, 4.69) is 41.1 Å². The zero-order valence-corrected chi connectivity index (χ0v) is 12.7. The molecule has 0 saturated carbocycles. The Balaban J connectivity index is 2.56. The van der Waals surface area contributed by atoms with Crippen LogP contribution in [0.15, 0.2) is 0 Å². The lowest BCUT2D eigenvalue weighted by Gasteiger charge is -2.20. The molecule has 1 aromatic rings. The molecule has 0 bridgehead atoms. The molecule has 19 heavy (non-hydrogen) atoms. The van der Waals surface area contributed by atoms with Crippen LogP contribution in [0.2, 0.25) is 5.15 Å². The summed E-state index contributed by atoms with van der Waals surface area (Å²) < 4.78 is 0. The Morgan fingerprint density at radius 2 is 2.11 bits per heavy atom. The van der Waals surface area contributed by atoms with Crippen molar-refractivity contribution in [2.45, 2.75) is 33.2 Å². The van der Waals surface area contributed by atoms with Gasteiger partial charge in [0.2, 0.25) is 0 Å². The molecule has 0 saturated heterocycles. The molecule has 0 aliphatic carbocycles. The quantitative estimate of drug-likeness (QED) is 0.473. The third kappa shape index (κ3) is 4.76. The topological polar surface area (TPSA) is 58.1 Å². The molecule has 106 valence electrons. The van der Waals surface area contributed by atoms with Crippen molar-refractivity contribution < 1.29 is 4.79 Å². The van der Waals surface area contributed by atoms with Gasteiger partial charge >= 0.3 is 0 Å². The highest BCUT2D eigenvalue weighted by molar-refractivity contribution is 6.32. The van der Waals surface area contributed by atoms with E-state index >= 15 is 0 Å². The number of hydrogen-bond acceptors (Lipinski definition) is 5. The fourth-order valence-electron chi connectivity index (χ4n) is 1.58. The Bertz CT molecular complexity index is 437. The molecule has 0 spiro atoms. The van der Waals surface area contributed by atoms with E-state index < -0.39 is 0 Å². The van der Waals surface area contributed by atoms with Crippen molar-refractivity contribution >= 4 is 23.7 Å². The zero-order chi connectivity index (χ0) is 14.4. The van der Waals surface area contributed by atoms with Crippen molar-refractivity contribution in [2.24, 2.45) is 0 Å². The Hall–Kier alpha value is -1.20. The summed E-state index contributed by atoms with van der Waals surface area (Å²) in [6, 6.07) is 0.529. The lowest BCUT2D eigenvalue weighted by atomic mass is 10.3. The van der Waals surface area contributed by atoms with E-state index in [0.717, 1.165) is 19.5 Å². The number of aryl methyl sites for hydroxylation is 1. The smallest absolute Gasteiger partial charge is 0.156 e. The fourth-order valence-corrected chi connectivity index (χ4v) is 1.84. The van der Waals surface area contributed by atoms with Crippen LogP contribution in [0.4, 0.5) is 5.82 Å². The molecule has 0 atom stereocenters. The molecule has 1 heterocycles. The molecule has 0 aliphatic heterocycles. The predicted octanol–water partition coefficient (Wildman–Crippen LogP) is 2.39. The van der Waals surface area contributed by atoms with Crippen LogP contribution < -0.4 is 5.32 Å². The van der Waals surface area contributed by atoms with Crippen LogP contribution in [0.3, 0.4) is 0 Å². The minimum atomic E-state index is 0.198. The van der Waals surface area contributed by atoms with Gasteiger partial charge in [-0.2, -0.15) is 0 Å². The van der Waals surface area contributed by atoms with Crippen LogP contribution >= 0.6 is 11.6 Å². The highest BCUT2D eigenvalue weighted by atomic mass is 35.5. The first-order chi connectivity index (χ1) is 8.95. The molecule has 5 nitrogen and oxygen atoms in total. The molecule has 0 fully saturated rings. The van der Waals surface area contributed by atoms with E-state index in [1.807, 2.05) is 0 Å². The number of aromatic nitrogens is 2. The van der Waals surface area contributed by atoms with Crippen molar-refractivity contribution in [1.29, 1.82) is 0 Å². The van der Waals surface area contributed by atoms with Crippen LogP contribution in [-0.4, -0.2) is 47.3 Å². The summed E-state index contributed by atoms with van der Waals surface area (Å²) in [5, 5.41) is 3.35. The number of hydrogen-bond donors (Lipinski definition) is 1. The van der Waals surface area contributed by atoms with E-state index in [4.69, 9.17) is 11.6 Å². The molecular formula is C13H21ClN4O. The van der Waals surface area contributed by atoms with Gasteiger partial charge in [-0.3, -0.25) is 4.79 Å². The predicted molar refractivity (Wildman–Crippen MR) is 78.0 cm³/mol. The van der Waals surface area contributed by atoms with Gasteiger partial charge < -0.3 is 10.2 Å². The largest absolute Gasteiger partial charge is 0.369 e. The average molecular weight is 285 g/mol. The Labute approximate surface area is 119 Å². The summed E-state index contributed by atoms with van der Waals surface area (Å²) in [4.78, 5) is 21.4. The molecule has 1 aromatic heterocycles. The Morgan fingerprint density at radius 3 is 2.68 bits per heavy atom. The molecule has 0 aliphatic rings. The Morgan fingerprint density at radius 1 is 1.42 bits per heavy atom. The van der Waals surface area contributed by atoms with Crippen LogP contribution in [0.5, 0.6) is 0 Å². The van der Waals surface area contributed by atoms with Crippen molar-refractivity contribution in [1.82, 2.24) is 14.9 Å². The van der Waals surface area contributed by atoms with Gasteiger partial charge in [-0.25, -0.2) is 9.97 Å². The molecule has 6 heteroatoms. The van der Waals surface area contributed by atoms with Crippen LogP contribution in [-0.2, 0) is 0 Å². The summed E-state index contributed by atoms with van der Waals surface area (Å²) in [7, 11) is 2.09. The lowest BCUT2D eigenvalue weighted by molar-refractivity contribution is 0.112. The summed E-state index contributed by atoms with van der Waals surface area (Å²) >= 11 is 5.91. The lowest BCUT2D eigenvalue weighted by Crippen LogP contribution is -2.28. The van der Waals surface area contributed by atoms with Crippen molar-refractivity contribution in [3.05, 3.63) is 16.5 Å². The molecule has 1 rings (SSSR count). The third-order valence-electron chi connectivity index (χ3n) is 2.99. The Kier molecular flexibility index (Phi) is 6.18. The fraction of sp³-hybridized carbons (Fsp3) is 0.615. The minimum Gasteiger partial charge on any atom is -0.369 e. The number of carbonyl (C=O) groups excluding carboxylic acids is 1. The van der Waals surface area contributed by atoms with Crippen molar-refractivity contribution in [2.75, 3.05) is 25.5 Å². The summed E-state index contributed by atoms with van der Waals surface area (Å²) in [5.41, 5.74) is 0.324. The number of anilines is 1. The van der Waals surface area contributed by atoms with E-state index in [1.165, 1.54) is 0 Å². The highest BCUT2D eigenvalue weighted by Gasteiger charge is 2.10. The normalized spacial score (nSPS) is 11.1. The van der Waals surface area contributed by atoms with Gasteiger partial charge in [-0.15, -0.1) is 0 Å². The second kappa shape index (κ2) is 7.40. The van der Waals surface area contributed by atoms with Gasteiger partial charge in [0, 0.05) is 12.6 Å². The highest BCUT2D eigenvalue weighted by Crippen LogP contribution is 2.18. The first-order valence-electron chi connectivity index (χ1n) is 6.39. The second-order valence-corrected chi connectivity index (χ2v) is 5.15. The van der Waals surface area contributed by atoms with E-state index in [-0.39, 0.29) is 5.15 Å². The summed E-state index contributed by atoms with van der Waals surface area (Å²) in [6.07, 6.45) is 1.65. The van der Waals surface area contributed by atoms with Gasteiger partial charge in [0.25, 0.3) is 0 Å². The van der Waals surface area contributed by atoms with Crippen LogP contribution in [0.1, 0.15) is 36.5 Å². The molecule has 1 N–H and O–H groups in total. The maximum atomic E-state index is 11.0. The summed E-state index contributed by atoms with van der Waals surface area (Å²) in [5.74, 6) is 1.07. The third-order valence-corrected chi connectivity index (χ3v) is 3.28. The van der Waals surface area contributed by atoms with Gasteiger partial charge in [0.05, 0.1) is 5.56 Å². The van der Waals surface area contributed by atoms with Crippen molar-refractivity contribution in [3.63, 3.8) is 0 Å². The number of nitrogens with one attached hydrogen (secondary N) is 1. The summed E-state index contributed by atoms with van der Waals surface area (Å²) in [6.45, 7) is 7.79. The molecule has 0 radical (unpaired) electrons. The molecular weight excluding hydrogens is 264 g/mol. The first kappa shape index (κ1) is 15.9. The number of nitrogens with zero attached hydrogens (tertiary/aromatic N) is 3. The van der Waals surface area contributed by atoms with Crippen LogP contribution in [0.25, 0.3) is 0 Å². The van der Waals surface area contributed by atoms with Gasteiger partial charge in [0.15, 0.2) is 6.29 Å². The van der Waals surface area contributed by atoms with Crippen molar-refractivity contribution in [3.8, 4) is 0 Å². The van der Waals surface area contributed by atoms with Gasteiger partial charge in [-0.1, -0.05) is 11.6 Å². The maximum absolute atomic E-state index is 11.0. The number of rotatable bonds is 7. The van der Waals surface area contributed by atoms with E-state index in [9.17, 15) is 4.79 Å².